The van der Waals surface area contributed by atoms with Crippen LogP contribution in [0.3, 0.4) is 0 Å². The minimum Gasteiger partial charge on any atom is -0.325 e. The van der Waals surface area contributed by atoms with E-state index in [0.29, 0.717) is 28.3 Å². The number of benzene rings is 2. The van der Waals surface area contributed by atoms with Gasteiger partial charge in [-0.25, -0.2) is 15.0 Å². The standard InChI is InChI=1S/C28H28N6O4/c1-17-8-10-19(15-21(17)30-27(37)28(2,3)4)22-16-34-24(29-22)12-11-23(32-34)31-26(36)20-7-5-6-18(14-20)9-13-25(35)33-38/h5-16,38H,1-4H3,(H,30,37)(H,33,35)(H,31,32,36). The molecule has 0 fully saturated rings. The molecule has 0 aliphatic carbocycles. The Balaban J connectivity index is 1.54. The van der Waals surface area contributed by atoms with Gasteiger partial charge in [0.15, 0.2) is 11.5 Å². The molecule has 0 unspecified atom stereocenters. The molecule has 4 N–H and O–H groups in total. The molecular weight excluding hydrogens is 484 g/mol. The second-order valence-corrected chi connectivity index (χ2v) is 9.77. The van der Waals surface area contributed by atoms with E-state index in [0.717, 1.165) is 22.9 Å². The minimum atomic E-state index is -0.673. The highest BCUT2D eigenvalue weighted by atomic mass is 16.5. The fourth-order valence-corrected chi connectivity index (χ4v) is 3.49. The molecule has 0 bridgehead atoms. The largest absolute Gasteiger partial charge is 0.325 e. The number of nitrogens with one attached hydrogen (secondary N) is 3. The van der Waals surface area contributed by atoms with Gasteiger partial charge in [0.25, 0.3) is 11.8 Å². The van der Waals surface area contributed by atoms with E-state index in [2.05, 4.69) is 20.7 Å². The third kappa shape index (κ3) is 6.11. The Labute approximate surface area is 219 Å². The van der Waals surface area contributed by atoms with Gasteiger partial charge in [0.05, 0.1) is 11.9 Å². The lowest BCUT2D eigenvalue weighted by molar-refractivity contribution is -0.124. The molecule has 0 radical (unpaired) electrons. The second kappa shape index (κ2) is 10.7. The van der Waals surface area contributed by atoms with E-state index in [1.165, 1.54) is 11.6 Å². The lowest BCUT2D eigenvalue weighted by Gasteiger charge is -2.19. The van der Waals surface area contributed by atoms with Crippen LogP contribution in [0.15, 0.2) is 66.9 Å². The minimum absolute atomic E-state index is 0.0768. The molecular formula is C28H28N6O4. The number of imidazole rings is 1. The fourth-order valence-electron chi connectivity index (χ4n) is 3.49. The molecule has 0 aliphatic heterocycles. The van der Waals surface area contributed by atoms with Gasteiger partial charge in [0.2, 0.25) is 5.91 Å². The van der Waals surface area contributed by atoms with Gasteiger partial charge in [-0.15, -0.1) is 5.10 Å². The van der Waals surface area contributed by atoms with E-state index >= 15 is 0 Å². The van der Waals surface area contributed by atoms with Crippen LogP contribution in [-0.4, -0.2) is 37.5 Å². The maximum Gasteiger partial charge on any atom is 0.267 e. The summed E-state index contributed by atoms with van der Waals surface area (Å²) in [5.74, 6) is -0.800. The maximum absolute atomic E-state index is 12.8. The number of hydrogen-bond donors (Lipinski definition) is 4. The van der Waals surface area contributed by atoms with Gasteiger partial charge in [0.1, 0.15) is 0 Å². The molecule has 4 aromatic rings. The number of carbonyl (C=O) groups excluding carboxylic acids is 3. The first-order valence-corrected chi connectivity index (χ1v) is 11.9. The average Bonchev–Trinajstić information content (AvgIpc) is 3.31. The molecule has 2 aromatic carbocycles. The van der Waals surface area contributed by atoms with Crippen LogP contribution in [-0.2, 0) is 9.59 Å². The van der Waals surface area contributed by atoms with Crippen LogP contribution in [0, 0.1) is 12.3 Å². The number of anilines is 2. The van der Waals surface area contributed by atoms with Crippen LogP contribution < -0.4 is 16.1 Å². The highest BCUT2D eigenvalue weighted by Gasteiger charge is 2.22. The highest BCUT2D eigenvalue weighted by molar-refractivity contribution is 6.04. The zero-order valence-corrected chi connectivity index (χ0v) is 21.4. The third-order valence-corrected chi connectivity index (χ3v) is 5.71. The fraction of sp³-hybridized carbons (Fsp3) is 0.179. The summed E-state index contributed by atoms with van der Waals surface area (Å²) in [4.78, 5) is 41.1. The monoisotopic (exact) mass is 512 g/mol. The zero-order valence-electron chi connectivity index (χ0n) is 21.4. The number of hydrogen-bond acceptors (Lipinski definition) is 6. The molecule has 0 saturated heterocycles. The SMILES string of the molecule is Cc1ccc(-c2cn3nc(NC(=O)c4cccc(C=CC(=O)NO)c4)ccc3n2)cc1NC(=O)C(C)(C)C. The number of fused-ring (bicyclic) bond motifs is 1. The topological polar surface area (TPSA) is 138 Å². The predicted molar refractivity (Wildman–Crippen MR) is 145 cm³/mol. The lowest BCUT2D eigenvalue weighted by atomic mass is 9.95. The van der Waals surface area contributed by atoms with Crippen molar-refractivity contribution >= 4 is 40.9 Å². The van der Waals surface area contributed by atoms with E-state index < -0.39 is 11.3 Å². The van der Waals surface area contributed by atoms with Crippen molar-refractivity contribution in [2.75, 3.05) is 10.6 Å². The molecule has 4 rings (SSSR count). The number of rotatable bonds is 6. The quantitative estimate of drug-likeness (QED) is 0.171. The number of aryl methyl sites for hydroxylation is 1. The first kappa shape index (κ1) is 26.2. The van der Waals surface area contributed by atoms with Crippen molar-refractivity contribution in [3.63, 3.8) is 0 Å². The zero-order chi connectivity index (χ0) is 27.4. The molecule has 0 saturated carbocycles. The third-order valence-electron chi connectivity index (χ3n) is 5.71. The van der Waals surface area contributed by atoms with E-state index in [-0.39, 0.29) is 11.8 Å². The summed E-state index contributed by atoms with van der Waals surface area (Å²) in [5, 5.41) is 18.8. The van der Waals surface area contributed by atoms with Crippen molar-refractivity contribution in [3.8, 4) is 11.3 Å². The van der Waals surface area contributed by atoms with Crippen molar-refractivity contribution in [2.45, 2.75) is 27.7 Å². The van der Waals surface area contributed by atoms with Crippen LogP contribution in [0.1, 0.15) is 42.3 Å². The van der Waals surface area contributed by atoms with E-state index in [9.17, 15) is 14.4 Å². The first-order chi connectivity index (χ1) is 18.0. The Morgan fingerprint density at radius 3 is 2.53 bits per heavy atom. The number of amides is 3. The van der Waals surface area contributed by atoms with Crippen LogP contribution in [0.25, 0.3) is 23.0 Å². The second-order valence-electron chi connectivity index (χ2n) is 9.77. The Kier molecular flexibility index (Phi) is 7.35. The van der Waals surface area contributed by atoms with Crippen molar-refractivity contribution in [1.29, 1.82) is 0 Å². The molecule has 0 aliphatic rings. The maximum atomic E-state index is 12.8. The van der Waals surface area contributed by atoms with Gasteiger partial charge in [-0.2, -0.15) is 0 Å². The Morgan fingerprint density at radius 1 is 1.00 bits per heavy atom. The number of carbonyl (C=O) groups is 3. The molecule has 0 atom stereocenters. The number of aromatic nitrogens is 3. The first-order valence-electron chi connectivity index (χ1n) is 11.9. The Bertz CT molecular complexity index is 1570. The highest BCUT2D eigenvalue weighted by Crippen LogP contribution is 2.27. The molecule has 10 nitrogen and oxygen atoms in total. The molecule has 38 heavy (non-hydrogen) atoms. The van der Waals surface area contributed by atoms with Gasteiger partial charge in [0, 0.05) is 28.3 Å². The van der Waals surface area contributed by atoms with E-state index in [1.54, 1.807) is 47.1 Å². The van der Waals surface area contributed by atoms with E-state index in [4.69, 9.17) is 5.21 Å². The number of hydroxylamine groups is 1. The summed E-state index contributed by atoms with van der Waals surface area (Å²) >= 11 is 0. The average molecular weight is 513 g/mol. The van der Waals surface area contributed by atoms with Crippen molar-refractivity contribution in [2.24, 2.45) is 5.41 Å². The molecule has 2 aromatic heterocycles. The van der Waals surface area contributed by atoms with Crippen LogP contribution in [0.4, 0.5) is 11.5 Å². The summed E-state index contributed by atoms with van der Waals surface area (Å²) < 4.78 is 1.57. The lowest BCUT2D eigenvalue weighted by Crippen LogP contribution is -2.27. The Hall–Kier alpha value is -4.83. The molecule has 10 heteroatoms. The summed E-state index contributed by atoms with van der Waals surface area (Å²) in [7, 11) is 0. The summed E-state index contributed by atoms with van der Waals surface area (Å²) in [6.07, 6.45) is 4.38. The van der Waals surface area contributed by atoms with Crippen molar-refractivity contribution in [1.82, 2.24) is 20.1 Å². The van der Waals surface area contributed by atoms with Crippen molar-refractivity contribution in [3.05, 3.63) is 83.6 Å². The van der Waals surface area contributed by atoms with Crippen LogP contribution in [0.5, 0.6) is 0 Å². The Morgan fingerprint density at radius 2 is 1.79 bits per heavy atom. The molecule has 3 amide bonds. The van der Waals surface area contributed by atoms with Gasteiger partial charge >= 0.3 is 0 Å². The summed E-state index contributed by atoms with van der Waals surface area (Å²) in [6, 6.07) is 15.8. The van der Waals surface area contributed by atoms with Crippen LogP contribution >= 0.6 is 0 Å². The molecule has 0 spiro atoms. The number of nitrogens with zero attached hydrogens (tertiary/aromatic N) is 3. The molecule has 2 heterocycles. The van der Waals surface area contributed by atoms with Gasteiger partial charge < -0.3 is 10.6 Å². The summed E-state index contributed by atoms with van der Waals surface area (Å²) in [6.45, 7) is 7.51. The van der Waals surface area contributed by atoms with Gasteiger partial charge in [-0.05, 0) is 54.5 Å². The molecule has 194 valence electrons. The van der Waals surface area contributed by atoms with Crippen LogP contribution in [0.2, 0.25) is 0 Å². The smallest absolute Gasteiger partial charge is 0.267 e. The predicted octanol–water partition coefficient (Wildman–Crippen LogP) is 4.46. The van der Waals surface area contributed by atoms with E-state index in [1.807, 2.05) is 45.9 Å². The van der Waals surface area contributed by atoms with Gasteiger partial charge in [-0.3, -0.25) is 19.6 Å². The summed E-state index contributed by atoms with van der Waals surface area (Å²) in [5.41, 5.74) is 5.70. The van der Waals surface area contributed by atoms with Crippen molar-refractivity contribution < 1.29 is 19.6 Å². The van der Waals surface area contributed by atoms with Gasteiger partial charge in [-0.1, -0.05) is 45.0 Å². The normalized spacial score (nSPS) is 11.5.